The molecule has 0 aliphatic carbocycles. The van der Waals surface area contributed by atoms with Gasteiger partial charge in [-0.3, -0.25) is 9.59 Å². The summed E-state index contributed by atoms with van der Waals surface area (Å²) < 4.78 is 1.19. The summed E-state index contributed by atoms with van der Waals surface area (Å²) in [4.78, 5) is 22.1. The van der Waals surface area contributed by atoms with Gasteiger partial charge in [-0.15, -0.1) is 5.10 Å². The molecule has 1 aromatic heterocycles. The zero-order valence-corrected chi connectivity index (χ0v) is 11.4. The monoisotopic (exact) mass is 287 g/mol. The molecule has 1 amide bonds. The number of carbonyl (C=O) groups excluding carboxylic acids is 1. The molecule has 4 N–H and O–H groups in total. The molecular weight excluding hydrogens is 270 g/mol. The number of aliphatic carboxylic acids is 1. The van der Waals surface area contributed by atoms with Crippen LogP contribution in [0.25, 0.3) is 0 Å². The Bertz CT molecular complexity index is 437. The molecule has 1 atom stereocenters. The highest BCUT2D eigenvalue weighted by Gasteiger charge is 2.13. The number of nitrogens with zero attached hydrogens (tertiary/aromatic N) is 3. The lowest BCUT2D eigenvalue weighted by Gasteiger charge is -2.10. The highest BCUT2D eigenvalue weighted by atomic mass is 32.2. The van der Waals surface area contributed by atoms with Crippen molar-refractivity contribution in [3.05, 3.63) is 11.9 Å². The third-order valence-electron chi connectivity index (χ3n) is 2.30. The van der Waals surface area contributed by atoms with E-state index in [1.54, 1.807) is 11.8 Å². The Balaban J connectivity index is 2.37. The van der Waals surface area contributed by atoms with E-state index in [-0.39, 0.29) is 19.0 Å². The fourth-order valence-corrected chi connectivity index (χ4v) is 1.81. The fourth-order valence-electron chi connectivity index (χ4n) is 1.32. The fraction of sp³-hybridized carbons (Fsp3) is 0.600. The first-order valence-corrected chi connectivity index (χ1v) is 7.05. The molecule has 0 bridgehead atoms. The third kappa shape index (κ3) is 5.71. The van der Waals surface area contributed by atoms with Crippen molar-refractivity contribution in [2.75, 3.05) is 12.0 Å². The second-order valence-corrected chi connectivity index (χ2v) is 4.89. The average molecular weight is 287 g/mol. The molecule has 0 aromatic carbocycles. The Morgan fingerprint density at radius 1 is 1.63 bits per heavy atom. The van der Waals surface area contributed by atoms with Gasteiger partial charge in [0.1, 0.15) is 12.2 Å². The molecule has 9 heteroatoms. The first-order valence-electron chi connectivity index (χ1n) is 5.66. The number of nitrogens with one attached hydrogen (secondary N) is 1. The van der Waals surface area contributed by atoms with E-state index in [1.165, 1.54) is 10.9 Å². The van der Waals surface area contributed by atoms with E-state index in [0.29, 0.717) is 12.1 Å². The maximum absolute atomic E-state index is 11.6. The lowest BCUT2D eigenvalue weighted by molar-refractivity contribution is -0.138. The predicted octanol–water partition coefficient (Wildman–Crippen LogP) is -0.941. The maximum Gasteiger partial charge on any atom is 0.325 e. The molecule has 0 aliphatic heterocycles. The van der Waals surface area contributed by atoms with Crippen molar-refractivity contribution in [2.24, 2.45) is 5.73 Å². The number of nitrogens with two attached hydrogens (primary N) is 1. The number of rotatable bonds is 8. The molecule has 0 radical (unpaired) electrons. The number of hydrogen-bond acceptors (Lipinski definition) is 6. The molecule has 8 nitrogen and oxygen atoms in total. The molecular formula is C10H17N5O3S. The number of carbonyl (C=O) groups is 2. The Morgan fingerprint density at radius 2 is 2.37 bits per heavy atom. The third-order valence-corrected chi connectivity index (χ3v) is 2.94. The summed E-state index contributed by atoms with van der Waals surface area (Å²) in [6, 6.07) is -0.540. The number of hydrogen-bond donors (Lipinski definition) is 3. The predicted molar refractivity (Wildman–Crippen MR) is 70.5 cm³/mol. The van der Waals surface area contributed by atoms with Crippen LogP contribution in [0.4, 0.5) is 0 Å². The largest absolute Gasteiger partial charge is 0.480 e. The lowest BCUT2D eigenvalue weighted by atomic mass is 10.2. The second-order valence-electron chi connectivity index (χ2n) is 3.91. The van der Waals surface area contributed by atoms with Crippen LogP contribution < -0.4 is 11.1 Å². The van der Waals surface area contributed by atoms with Gasteiger partial charge in [-0.25, -0.2) is 4.68 Å². The standard InChI is InChI=1S/C10H17N5O3S/c1-19-3-2-8(11)10(18)12-4-7-5-15(14-13-7)6-9(16)17/h5,8H,2-4,6,11H2,1H3,(H,12,18)(H,16,17)/t8-/m0/s1. The summed E-state index contributed by atoms with van der Waals surface area (Å²) in [5.74, 6) is -0.426. The molecule has 0 unspecified atom stereocenters. The quantitative estimate of drug-likeness (QED) is 0.563. The molecule has 0 aliphatic rings. The number of carboxylic acids is 1. The van der Waals surface area contributed by atoms with Gasteiger partial charge in [0.15, 0.2) is 0 Å². The van der Waals surface area contributed by atoms with Gasteiger partial charge in [0, 0.05) is 0 Å². The first kappa shape index (κ1) is 15.4. The van der Waals surface area contributed by atoms with Gasteiger partial charge in [0.2, 0.25) is 5.91 Å². The molecule has 0 fully saturated rings. The summed E-state index contributed by atoms with van der Waals surface area (Å²) in [5, 5.41) is 18.6. The summed E-state index contributed by atoms with van der Waals surface area (Å²) in [6.45, 7) is -0.0698. The van der Waals surface area contributed by atoms with Gasteiger partial charge in [0.05, 0.1) is 18.8 Å². The van der Waals surface area contributed by atoms with E-state index in [9.17, 15) is 9.59 Å². The van der Waals surface area contributed by atoms with Crippen LogP contribution in [0.3, 0.4) is 0 Å². The minimum Gasteiger partial charge on any atom is -0.480 e. The zero-order chi connectivity index (χ0) is 14.3. The summed E-state index contributed by atoms with van der Waals surface area (Å²) in [7, 11) is 0. The number of carboxylic acid groups (broad SMARTS) is 1. The highest BCUT2D eigenvalue weighted by Crippen LogP contribution is 1.99. The van der Waals surface area contributed by atoms with Crippen molar-refractivity contribution in [1.29, 1.82) is 0 Å². The maximum atomic E-state index is 11.6. The summed E-state index contributed by atoms with van der Waals surface area (Å²) >= 11 is 1.63. The summed E-state index contributed by atoms with van der Waals surface area (Å²) in [5.41, 5.74) is 6.19. The van der Waals surface area contributed by atoms with Gasteiger partial charge in [-0.2, -0.15) is 11.8 Å². The van der Waals surface area contributed by atoms with Gasteiger partial charge in [-0.1, -0.05) is 5.21 Å². The molecule has 1 heterocycles. The average Bonchev–Trinajstić information content (AvgIpc) is 2.79. The van der Waals surface area contributed by atoms with Crippen LogP contribution in [0, 0.1) is 0 Å². The first-order chi connectivity index (χ1) is 9.02. The second kappa shape index (κ2) is 7.74. The van der Waals surface area contributed by atoms with E-state index < -0.39 is 12.0 Å². The number of amides is 1. The zero-order valence-electron chi connectivity index (χ0n) is 10.6. The van der Waals surface area contributed by atoms with Gasteiger partial charge in [-0.05, 0) is 18.4 Å². The smallest absolute Gasteiger partial charge is 0.325 e. The normalized spacial score (nSPS) is 12.1. The van der Waals surface area contributed by atoms with Crippen LogP contribution in [0.2, 0.25) is 0 Å². The topological polar surface area (TPSA) is 123 Å². The van der Waals surface area contributed by atoms with Crippen LogP contribution in [-0.2, 0) is 22.7 Å². The SMILES string of the molecule is CSCC[C@H](N)C(=O)NCc1cn(CC(=O)O)nn1. The molecule has 1 rings (SSSR count). The van der Waals surface area contributed by atoms with Crippen LogP contribution in [-0.4, -0.2) is 50.0 Å². The Hall–Kier alpha value is -1.61. The molecule has 1 aromatic rings. The van der Waals surface area contributed by atoms with Crippen molar-refractivity contribution in [3.8, 4) is 0 Å². The molecule has 0 spiro atoms. The molecule has 106 valence electrons. The van der Waals surface area contributed by atoms with Crippen molar-refractivity contribution >= 4 is 23.6 Å². The van der Waals surface area contributed by atoms with Crippen molar-refractivity contribution < 1.29 is 14.7 Å². The van der Waals surface area contributed by atoms with E-state index in [0.717, 1.165) is 5.75 Å². The van der Waals surface area contributed by atoms with Crippen LogP contribution in [0.15, 0.2) is 6.20 Å². The lowest BCUT2D eigenvalue weighted by Crippen LogP contribution is -2.40. The van der Waals surface area contributed by atoms with Crippen LogP contribution in [0.5, 0.6) is 0 Å². The van der Waals surface area contributed by atoms with Crippen LogP contribution in [0.1, 0.15) is 12.1 Å². The van der Waals surface area contributed by atoms with E-state index >= 15 is 0 Å². The van der Waals surface area contributed by atoms with E-state index in [4.69, 9.17) is 10.8 Å². The minimum atomic E-state index is -1.00. The highest BCUT2D eigenvalue weighted by molar-refractivity contribution is 7.98. The van der Waals surface area contributed by atoms with Crippen molar-refractivity contribution in [3.63, 3.8) is 0 Å². The Kier molecular flexibility index (Phi) is 6.30. The van der Waals surface area contributed by atoms with Crippen molar-refractivity contribution in [2.45, 2.75) is 25.6 Å². The Morgan fingerprint density at radius 3 is 3.00 bits per heavy atom. The number of aromatic nitrogens is 3. The number of thioether (sulfide) groups is 1. The van der Waals surface area contributed by atoms with E-state index in [1.807, 2.05) is 6.26 Å². The van der Waals surface area contributed by atoms with E-state index in [2.05, 4.69) is 15.6 Å². The Labute approximate surface area is 114 Å². The molecule has 0 saturated carbocycles. The van der Waals surface area contributed by atoms with Crippen molar-refractivity contribution in [1.82, 2.24) is 20.3 Å². The molecule has 19 heavy (non-hydrogen) atoms. The minimum absolute atomic E-state index is 0.186. The van der Waals surface area contributed by atoms with Crippen LogP contribution >= 0.6 is 11.8 Å². The summed E-state index contributed by atoms with van der Waals surface area (Å²) in [6.07, 6.45) is 4.03. The van der Waals surface area contributed by atoms with Gasteiger partial charge in [0.25, 0.3) is 0 Å². The van der Waals surface area contributed by atoms with Gasteiger partial charge < -0.3 is 16.2 Å². The van der Waals surface area contributed by atoms with Gasteiger partial charge >= 0.3 is 5.97 Å². The molecule has 0 saturated heterocycles.